The first-order valence-corrected chi connectivity index (χ1v) is 18.7. The lowest BCUT2D eigenvalue weighted by Crippen LogP contribution is -2.65. The van der Waals surface area contributed by atoms with Crippen molar-refractivity contribution in [1.82, 2.24) is 0 Å². The van der Waals surface area contributed by atoms with Gasteiger partial charge in [0, 0.05) is 0 Å². The SMILES string of the molecule is C=CCCCO[C@@H]1O[C@H](COCc2ccccc2)[C@@H](O[Si](C)(C)C(C)(C)C)[C@H](OCc2ccccc2)[C@H]1OC(=O)C(C)(C)C. The molecule has 0 amide bonds. The zero-order chi connectivity index (χ0) is 32.4. The number of ether oxygens (including phenoxy) is 5. The number of carbonyl (C=O) groups excluding carboxylic acids is 1. The normalized spacial score (nSPS) is 22.9. The van der Waals surface area contributed by atoms with Crippen molar-refractivity contribution in [3.63, 3.8) is 0 Å². The number of unbranched alkanes of at least 4 members (excludes halogenated alkanes) is 1. The summed E-state index contributed by atoms with van der Waals surface area (Å²) in [6.07, 6.45) is -0.0584. The van der Waals surface area contributed by atoms with E-state index in [9.17, 15) is 4.79 Å². The maximum atomic E-state index is 13.4. The van der Waals surface area contributed by atoms with Crippen molar-refractivity contribution in [3.05, 3.63) is 84.4 Å². The van der Waals surface area contributed by atoms with E-state index in [1.807, 2.05) is 87.5 Å². The van der Waals surface area contributed by atoms with E-state index in [4.69, 9.17) is 28.1 Å². The van der Waals surface area contributed by atoms with Gasteiger partial charge in [-0.3, -0.25) is 4.79 Å². The number of rotatable bonds is 15. The quantitative estimate of drug-likeness (QED) is 0.0863. The lowest BCUT2D eigenvalue weighted by atomic mass is 9.95. The van der Waals surface area contributed by atoms with E-state index >= 15 is 0 Å². The van der Waals surface area contributed by atoms with E-state index in [-0.39, 0.29) is 17.6 Å². The third-order valence-electron chi connectivity index (χ3n) is 8.20. The summed E-state index contributed by atoms with van der Waals surface area (Å²) in [6, 6.07) is 20.0. The average molecular weight is 627 g/mol. The van der Waals surface area contributed by atoms with Crippen LogP contribution in [0.1, 0.15) is 65.5 Å². The van der Waals surface area contributed by atoms with E-state index in [1.165, 1.54) is 0 Å². The Bertz CT molecular complexity index is 1140. The van der Waals surface area contributed by atoms with E-state index in [0.717, 1.165) is 24.0 Å². The first-order chi connectivity index (χ1) is 20.7. The molecule has 2 aromatic carbocycles. The van der Waals surface area contributed by atoms with Crippen LogP contribution in [0.15, 0.2) is 73.3 Å². The minimum absolute atomic E-state index is 0.0813. The highest BCUT2D eigenvalue weighted by molar-refractivity contribution is 6.74. The average Bonchev–Trinajstić information content (AvgIpc) is 2.96. The Morgan fingerprint density at radius 2 is 1.45 bits per heavy atom. The number of allylic oxidation sites excluding steroid dienone is 1. The Hall–Kier alpha value is -2.33. The van der Waals surface area contributed by atoms with Gasteiger partial charge in [0.2, 0.25) is 0 Å². The van der Waals surface area contributed by atoms with Crippen molar-refractivity contribution in [2.75, 3.05) is 13.2 Å². The van der Waals surface area contributed by atoms with Gasteiger partial charge in [0.05, 0.1) is 31.8 Å². The van der Waals surface area contributed by atoms with Crippen LogP contribution in [0.5, 0.6) is 0 Å². The first-order valence-electron chi connectivity index (χ1n) is 15.8. The zero-order valence-corrected chi connectivity index (χ0v) is 29.0. The second-order valence-corrected chi connectivity index (χ2v) is 18.8. The number of hydrogen-bond donors (Lipinski definition) is 0. The maximum absolute atomic E-state index is 13.4. The van der Waals surface area contributed by atoms with Gasteiger partial charge in [-0.15, -0.1) is 6.58 Å². The molecule has 1 fully saturated rings. The van der Waals surface area contributed by atoms with Crippen LogP contribution in [0.3, 0.4) is 0 Å². The van der Waals surface area contributed by atoms with Crippen LogP contribution >= 0.6 is 0 Å². The monoisotopic (exact) mass is 626 g/mol. The minimum Gasteiger partial charge on any atom is -0.454 e. The van der Waals surface area contributed by atoms with Crippen LogP contribution in [0.25, 0.3) is 0 Å². The Morgan fingerprint density at radius 1 is 0.864 bits per heavy atom. The molecule has 1 aliphatic rings. The van der Waals surface area contributed by atoms with Gasteiger partial charge in [-0.1, -0.05) is 87.5 Å². The van der Waals surface area contributed by atoms with Crippen molar-refractivity contribution < 1.29 is 32.9 Å². The van der Waals surface area contributed by atoms with Gasteiger partial charge in [-0.2, -0.15) is 0 Å². The fourth-order valence-corrected chi connectivity index (χ4v) is 5.80. The number of benzene rings is 2. The Kier molecular flexibility index (Phi) is 13.4. The molecule has 0 radical (unpaired) electrons. The minimum atomic E-state index is -2.36. The predicted octanol–water partition coefficient (Wildman–Crippen LogP) is 7.84. The first kappa shape index (κ1) is 36.1. The van der Waals surface area contributed by atoms with Gasteiger partial charge in [0.25, 0.3) is 0 Å². The van der Waals surface area contributed by atoms with Gasteiger partial charge in [-0.25, -0.2) is 0 Å². The predicted molar refractivity (Wildman–Crippen MR) is 177 cm³/mol. The van der Waals surface area contributed by atoms with Gasteiger partial charge < -0.3 is 28.1 Å². The zero-order valence-electron chi connectivity index (χ0n) is 28.0. The third-order valence-corrected chi connectivity index (χ3v) is 12.7. The molecule has 0 aliphatic carbocycles. The Morgan fingerprint density at radius 3 is 2.00 bits per heavy atom. The van der Waals surface area contributed by atoms with Gasteiger partial charge in [0.1, 0.15) is 18.3 Å². The summed E-state index contributed by atoms with van der Waals surface area (Å²) >= 11 is 0. The lowest BCUT2D eigenvalue weighted by molar-refractivity contribution is -0.312. The molecule has 3 rings (SSSR count). The molecular weight excluding hydrogens is 572 g/mol. The molecule has 7 nitrogen and oxygen atoms in total. The van der Waals surface area contributed by atoms with E-state index in [1.54, 1.807) is 0 Å². The van der Waals surface area contributed by atoms with Crippen molar-refractivity contribution in [3.8, 4) is 0 Å². The highest BCUT2D eigenvalue weighted by Crippen LogP contribution is 2.41. The number of carbonyl (C=O) groups is 1. The summed E-state index contributed by atoms with van der Waals surface area (Å²) in [5.74, 6) is -0.357. The summed E-state index contributed by atoms with van der Waals surface area (Å²) in [4.78, 5) is 13.4. The largest absolute Gasteiger partial charge is 0.454 e. The summed E-state index contributed by atoms with van der Waals surface area (Å²) in [7, 11) is -2.36. The fraction of sp³-hybridized carbons (Fsp3) is 0.583. The Balaban J connectivity index is 2.01. The van der Waals surface area contributed by atoms with Gasteiger partial charge >= 0.3 is 5.97 Å². The highest BCUT2D eigenvalue weighted by atomic mass is 28.4. The standard InChI is InChI=1S/C36H54O7Si/c1-10-11-18-23-39-33-32(42-34(37)35(2,3)4)31(40-25-28-21-16-13-17-22-28)30(43-44(8,9)36(5,6)7)29(41-33)26-38-24-27-19-14-12-15-20-27/h10,12-17,19-22,29-33H,1,11,18,23-26H2,2-9H3/t29-,30-,31+,32-,33-/m1/s1. The molecule has 8 heteroatoms. The topological polar surface area (TPSA) is 72.5 Å². The maximum Gasteiger partial charge on any atom is 0.311 e. The summed E-state index contributed by atoms with van der Waals surface area (Å²) < 4.78 is 39.2. The second-order valence-electron chi connectivity index (χ2n) is 14.1. The molecule has 1 saturated heterocycles. The molecule has 2 aromatic rings. The Labute approximate surface area is 266 Å². The van der Waals surface area contributed by atoms with Crippen LogP contribution in [-0.2, 0) is 46.1 Å². The molecule has 0 bridgehead atoms. The second kappa shape index (κ2) is 16.3. The molecule has 0 spiro atoms. The van der Waals surface area contributed by atoms with Crippen LogP contribution in [0, 0.1) is 5.41 Å². The van der Waals surface area contributed by atoms with E-state index in [2.05, 4.69) is 40.4 Å². The molecular formula is C36H54O7Si. The van der Waals surface area contributed by atoms with Gasteiger partial charge in [-0.05, 0) is 62.9 Å². The molecule has 0 saturated carbocycles. The molecule has 5 atom stereocenters. The van der Waals surface area contributed by atoms with Gasteiger partial charge in [0.15, 0.2) is 20.7 Å². The van der Waals surface area contributed by atoms with Crippen molar-refractivity contribution in [1.29, 1.82) is 0 Å². The fourth-order valence-electron chi connectivity index (χ4n) is 4.48. The third kappa shape index (κ3) is 10.6. The number of hydrogen-bond acceptors (Lipinski definition) is 7. The number of esters is 1. The van der Waals surface area contributed by atoms with Crippen LogP contribution < -0.4 is 0 Å². The van der Waals surface area contributed by atoms with Crippen LogP contribution in [0.2, 0.25) is 18.1 Å². The summed E-state index contributed by atoms with van der Waals surface area (Å²) in [5.41, 5.74) is 1.34. The van der Waals surface area contributed by atoms with Crippen molar-refractivity contribution in [2.24, 2.45) is 5.41 Å². The van der Waals surface area contributed by atoms with Crippen LogP contribution in [0.4, 0.5) is 0 Å². The summed E-state index contributed by atoms with van der Waals surface area (Å²) in [6.45, 7) is 21.8. The van der Waals surface area contributed by atoms with Crippen LogP contribution in [-0.4, -0.2) is 58.2 Å². The van der Waals surface area contributed by atoms with E-state index < -0.39 is 44.4 Å². The molecule has 244 valence electrons. The van der Waals surface area contributed by atoms with Crippen molar-refractivity contribution in [2.45, 2.75) is 116 Å². The lowest BCUT2D eigenvalue weighted by Gasteiger charge is -2.49. The molecule has 44 heavy (non-hydrogen) atoms. The van der Waals surface area contributed by atoms with E-state index in [0.29, 0.717) is 19.8 Å². The molecule has 1 aliphatic heterocycles. The summed E-state index contributed by atoms with van der Waals surface area (Å²) in [5, 5.41) is -0.0813. The molecule has 0 aromatic heterocycles. The van der Waals surface area contributed by atoms with Crippen molar-refractivity contribution >= 4 is 14.3 Å². The highest BCUT2D eigenvalue weighted by Gasteiger charge is 2.53. The molecule has 0 unspecified atom stereocenters. The molecule has 0 N–H and O–H groups in total. The smallest absolute Gasteiger partial charge is 0.311 e. The molecule has 1 heterocycles.